The molecule has 3 rings (SSSR count). The summed E-state index contributed by atoms with van der Waals surface area (Å²) in [6, 6.07) is 13.6. The Kier molecular flexibility index (Phi) is 6.01. The molecule has 1 aliphatic rings. The first-order valence-corrected chi connectivity index (χ1v) is 8.85. The van der Waals surface area contributed by atoms with E-state index in [0.29, 0.717) is 12.1 Å². The van der Waals surface area contributed by atoms with Crippen LogP contribution >= 0.6 is 0 Å². The van der Waals surface area contributed by atoms with Gasteiger partial charge in [-0.25, -0.2) is 4.98 Å². The molecule has 0 aliphatic carbocycles. The first kappa shape index (κ1) is 17.4. The van der Waals surface area contributed by atoms with Crippen LogP contribution in [0.5, 0.6) is 0 Å². The number of nitrogens with one attached hydrogen (secondary N) is 1. The molecule has 1 N–H and O–H groups in total. The lowest BCUT2D eigenvalue weighted by atomic mass is 10.1. The third-order valence-corrected chi connectivity index (χ3v) is 4.59. The molecule has 1 unspecified atom stereocenters. The maximum atomic E-state index is 12.7. The number of hydrogen-bond donors (Lipinski definition) is 1. The van der Waals surface area contributed by atoms with E-state index < -0.39 is 0 Å². The Bertz CT molecular complexity index is 684. The van der Waals surface area contributed by atoms with E-state index in [1.54, 1.807) is 13.3 Å². The molecule has 1 saturated heterocycles. The van der Waals surface area contributed by atoms with Gasteiger partial charge in [-0.2, -0.15) is 0 Å². The molecule has 0 radical (unpaired) electrons. The van der Waals surface area contributed by atoms with Crippen molar-refractivity contribution in [1.82, 2.24) is 10.3 Å². The fraction of sp³-hybridized carbons (Fsp3) is 0.400. The Morgan fingerprint density at radius 2 is 1.92 bits per heavy atom. The van der Waals surface area contributed by atoms with Crippen LogP contribution in [0.15, 0.2) is 48.7 Å². The number of aromatic nitrogens is 1. The molecular formula is C20H25N3O2. The van der Waals surface area contributed by atoms with Gasteiger partial charge in [-0.3, -0.25) is 4.79 Å². The van der Waals surface area contributed by atoms with E-state index in [1.807, 2.05) is 42.5 Å². The Hall–Kier alpha value is -2.40. The molecule has 0 bridgehead atoms. The third-order valence-electron chi connectivity index (χ3n) is 4.59. The Morgan fingerprint density at radius 3 is 2.64 bits per heavy atom. The van der Waals surface area contributed by atoms with Crippen molar-refractivity contribution in [1.29, 1.82) is 0 Å². The quantitative estimate of drug-likeness (QED) is 0.878. The molecule has 5 heteroatoms. The molecule has 2 heterocycles. The van der Waals surface area contributed by atoms with E-state index >= 15 is 0 Å². The van der Waals surface area contributed by atoms with Crippen molar-refractivity contribution in [3.8, 4) is 0 Å². The molecule has 1 aromatic heterocycles. The number of ether oxygens (including phenoxy) is 1. The number of hydrogen-bond acceptors (Lipinski definition) is 4. The van der Waals surface area contributed by atoms with Gasteiger partial charge >= 0.3 is 0 Å². The second-order valence-electron chi connectivity index (χ2n) is 6.27. The third kappa shape index (κ3) is 4.37. The van der Waals surface area contributed by atoms with Crippen LogP contribution in [0, 0.1) is 0 Å². The van der Waals surface area contributed by atoms with Crippen molar-refractivity contribution >= 4 is 11.7 Å². The highest BCUT2D eigenvalue weighted by molar-refractivity contribution is 5.98. The maximum absolute atomic E-state index is 12.7. The smallest absolute Gasteiger partial charge is 0.255 e. The largest absolute Gasteiger partial charge is 0.375 e. The molecule has 1 atom stereocenters. The number of pyridine rings is 1. The minimum Gasteiger partial charge on any atom is -0.375 e. The average Bonchev–Trinajstić information content (AvgIpc) is 2.70. The summed E-state index contributed by atoms with van der Waals surface area (Å²) in [6.07, 6.45) is 5.13. The van der Waals surface area contributed by atoms with Gasteiger partial charge in [-0.15, -0.1) is 0 Å². The molecule has 132 valence electrons. The van der Waals surface area contributed by atoms with Crippen LogP contribution in [-0.2, 0) is 4.74 Å². The van der Waals surface area contributed by atoms with E-state index in [4.69, 9.17) is 4.74 Å². The van der Waals surface area contributed by atoms with Crippen LogP contribution in [0.25, 0.3) is 0 Å². The summed E-state index contributed by atoms with van der Waals surface area (Å²) in [7, 11) is 1.66. The first-order chi connectivity index (χ1) is 12.3. The number of amides is 1. The van der Waals surface area contributed by atoms with Crippen molar-refractivity contribution in [3.63, 3.8) is 0 Å². The van der Waals surface area contributed by atoms with Crippen LogP contribution < -0.4 is 10.2 Å². The van der Waals surface area contributed by atoms with Gasteiger partial charge in [0.25, 0.3) is 5.91 Å². The van der Waals surface area contributed by atoms with Gasteiger partial charge in [0.1, 0.15) is 5.82 Å². The normalized spacial score (nSPS) is 15.6. The maximum Gasteiger partial charge on any atom is 0.255 e. The van der Waals surface area contributed by atoms with E-state index in [0.717, 1.165) is 37.3 Å². The first-order valence-electron chi connectivity index (χ1n) is 8.85. The lowest BCUT2D eigenvalue weighted by Gasteiger charge is -2.29. The molecule has 1 fully saturated rings. The van der Waals surface area contributed by atoms with Crippen molar-refractivity contribution in [2.24, 2.45) is 0 Å². The number of carbonyl (C=O) groups excluding carboxylic acids is 1. The zero-order valence-corrected chi connectivity index (χ0v) is 14.6. The summed E-state index contributed by atoms with van der Waals surface area (Å²) < 4.78 is 5.53. The zero-order valence-electron chi connectivity index (χ0n) is 14.6. The van der Waals surface area contributed by atoms with Gasteiger partial charge in [0.2, 0.25) is 0 Å². The summed E-state index contributed by atoms with van der Waals surface area (Å²) in [6.45, 7) is 2.34. The van der Waals surface area contributed by atoms with Gasteiger partial charge in [-0.1, -0.05) is 30.3 Å². The standard InChI is InChI=1S/C20H25N3O2/c1-25-18(16-9-4-2-5-10-16)15-22-20(24)17-11-8-12-21-19(17)23-13-6-3-7-14-23/h2,4-5,8-12,18H,3,6-7,13-15H2,1H3,(H,22,24). The molecular weight excluding hydrogens is 314 g/mol. The van der Waals surface area contributed by atoms with Crippen molar-refractivity contribution < 1.29 is 9.53 Å². The van der Waals surface area contributed by atoms with Gasteiger partial charge in [-0.05, 0) is 37.0 Å². The predicted octanol–water partition coefficient (Wildman–Crippen LogP) is 3.19. The summed E-state index contributed by atoms with van der Waals surface area (Å²) in [5.74, 6) is 0.681. The topological polar surface area (TPSA) is 54.5 Å². The number of benzene rings is 1. The molecule has 1 aliphatic heterocycles. The fourth-order valence-electron chi connectivity index (χ4n) is 3.22. The van der Waals surface area contributed by atoms with E-state index in [9.17, 15) is 4.79 Å². The number of anilines is 1. The van der Waals surface area contributed by atoms with E-state index in [1.165, 1.54) is 6.42 Å². The number of rotatable bonds is 6. The number of methoxy groups -OCH3 is 1. The van der Waals surface area contributed by atoms with Crippen molar-refractivity contribution in [3.05, 3.63) is 59.8 Å². The highest BCUT2D eigenvalue weighted by Crippen LogP contribution is 2.22. The fourth-order valence-corrected chi connectivity index (χ4v) is 3.22. The minimum atomic E-state index is -0.166. The molecule has 2 aromatic rings. The van der Waals surface area contributed by atoms with Crippen LogP contribution in [0.1, 0.15) is 41.3 Å². The lowest BCUT2D eigenvalue weighted by molar-refractivity contribution is 0.0828. The molecule has 0 spiro atoms. The Morgan fingerprint density at radius 1 is 1.16 bits per heavy atom. The second-order valence-corrected chi connectivity index (χ2v) is 6.27. The van der Waals surface area contributed by atoms with Gasteiger partial charge in [0, 0.05) is 32.9 Å². The summed E-state index contributed by atoms with van der Waals surface area (Å²) in [5.41, 5.74) is 1.68. The Balaban J connectivity index is 1.69. The number of piperidine rings is 1. The molecule has 1 aromatic carbocycles. The van der Waals surface area contributed by atoms with E-state index in [-0.39, 0.29) is 12.0 Å². The lowest BCUT2D eigenvalue weighted by Crippen LogP contribution is -2.34. The SMILES string of the molecule is COC(CNC(=O)c1cccnc1N1CCCCC1)c1ccccc1. The van der Waals surface area contributed by atoms with Crippen molar-refractivity contribution in [2.45, 2.75) is 25.4 Å². The average molecular weight is 339 g/mol. The van der Waals surface area contributed by atoms with Crippen LogP contribution in [0.2, 0.25) is 0 Å². The Labute approximate surface area is 149 Å². The van der Waals surface area contributed by atoms with Gasteiger partial charge in [0.15, 0.2) is 0 Å². The second kappa shape index (κ2) is 8.62. The van der Waals surface area contributed by atoms with Crippen molar-refractivity contribution in [2.75, 3.05) is 31.6 Å². The molecule has 25 heavy (non-hydrogen) atoms. The number of carbonyl (C=O) groups is 1. The highest BCUT2D eigenvalue weighted by Gasteiger charge is 2.20. The molecule has 5 nitrogen and oxygen atoms in total. The predicted molar refractivity (Wildman–Crippen MR) is 98.8 cm³/mol. The van der Waals surface area contributed by atoms with E-state index in [2.05, 4.69) is 15.2 Å². The monoisotopic (exact) mass is 339 g/mol. The van der Waals surface area contributed by atoms with Crippen LogP contribution in [-0.4, -0.2) is 37.6 Å². The molecule has 1 amide bonds. The van der Waals surface area contributed by atoms with Crippen LogP contribution in [0.4, 0.5) is 5.82 Å². The van der Waals surface area contributed by atoms with Crippen LogP contribution in [0.3, 0.4) is 0 Å². The zero-order chi connectivity index (χ0) is 17.5. The van der Waals surface area contributed by atoms with Gasteiger partial charge in [0.05, 0.1) is 11.7 Å². The van der Waals surface area contributed by atoms with Gasteiger partial charge < -0.3 is 15.0 Å². The summed E-state index contributed by atoms with van der Waals surface area (Å²) in [4.78, 5) is 19.4. The minimum absolute atomic E-state index is 0.105. The number of nitrogens with zero attached hydrogens (tertiary/aromatic N) is 2. The molecule has 0 saturated carbocycles. The summed E-state index contributed by atoms with van der Waals surface area (Å²) >= 11 is 0. The highest BCUT2D eigenvalue weighted by atomic mass is 16.5. The summed E-state index contributed by atoms with van der Waals surface area (Å²) in [5, 5.41) is 3.00.